The Morgan fingerprint density at radius 1 is 0.955 bits per heavy atom. The molecule has 0 saturated carbocycles. The van der Waals surface area contributed by atoms with Crippen molar-refractivity contribution in [3.05, 3.63) is 42.5 Å². The van der Waals surface area contributed by atoms with E-state index in [1.54, 1.807) is 30.3 Å². The largest absolute Gasteiger partial charge is 0.573 e. The van der Waals surface area contributed by atoms with Gasteiger partial charge in [-0.2, -0.15) is 0 Å². The Morgan fingerprint density at radius 3 is 2.05 bits per heavy atom. The number of alkyl halides is 3. The predicted octanol–water partition coefficient (Wildman–Crippen LogP) is 4.62. The van der Waals surface area contributed by atoms with Gasteiger partial charge in [-0.15, -0.1) is 13.2 Å². The van der Waals surface area contributed by atoms with Crippen molar-refractivity contribution in [3.63, 3.8) is 0 Å². The topological polar surface area (TPSA) is 44.5 Å². The van der Waals surface area contributed by atoms with Gasteiger partial charge in [0.1, 0.15) is 11.5 Å². The van der Waals surface area contributed by atoms with Gasteiger partial charge in [0, 0.05) is 0 Å². The molecule has 2 aromatic rings. The first-order chi connectivity index (χ1) is 10.2. The summed E-state index contributed by atoms with van der Waals surface area (Å²) in [6.07, 6.45) is -4.69. The summed E-state index contributed by atoms with van der Waals surface area (Å²) in [5.41, 5.74) is 7.91. The number of hydrogen-bond acceptors (Lipinski definition) is 3. The van der Waals surface area contributed by atoms with Gasteiger partial charge in [0.15, 0.2) is 0 Å². The van der Waals surface area contributed by atoms with Crippen LogP contribution in [0.25, 0.3) is 11.1 Å². The van der Waals surface area contributed by atoms with Crippen LogP contribution < -0.4 is 15.2 Å². The monoisotopic (exact) mass is 311 g/mol. The first-order valence-corrected chi connectivity index (χ1v) is 6.67. The Morgan fingerprint density at radius 2 is 1.55 bits per heavy atom. The van der Waals surface area contributed by atoms with E-state index in [1.165, 1.54) is 12.1 Å². The standard InChI is InChI=1S/C16H16F3NO2/c1-10(2)21-15-8-5-12(9-14(15)20)11-3-6-13(7-4-11)22-16(17,18)19/h3-10H,20H2,1-2H3. The Bertz CT molecular complexity index is 637. The highest BCUT2D eigenvalue weighted by atomic mass is 19.4. The Hall–Kier alpha value is -2.37. The van der Waals surface area contributed by atoms with Crippen molar-refractivity contribution in [1.29, 1.82) is 0 Å². The molecule has 2 aromatic carbocycles. The lowest BCUT2D eigenvalue weighted by atomic mass is 10.0. The molecule has 2 N–H and O–H groups in total. The number of halogens is 3. The van der Waals surface area contributed by atoms with Crippen molar-refractivity contribution in [2.75, 3.05) is 5.73 Å². The van der Waals surface area contributed by atoms with Gasteiger partial charge >= 0.3 is 6.36 Å². The maximum Gasteiger partial charge on any atom is 0.573 e. The van der Waals surface area contributed by atoms with E-state index in [-0.39, 0.29) is 11.9 Å². The van der Waals surface area contributed by atoms with Gasteiger partial charge in [0.2, 0.25) is 0 Å². The van der Waals surface area contributed by atoms with Crippen molar-refractivity contribution in [2.45, 2.75) is 26.3 Å². The molecule has 0 unspecified atom stereocenters. The molecule has 0 saturated heterocycles. The molecule has 0 radical (unpaired) electrons. The van der Waals surface area contributed by atoms with E-state index in [9.17, 15) is 13.2 Å². The molecular formula is C16H16F3NO2. The quantitative estimate of drug-likeness (QED) is 0.838. The summed E-state index contributed by atoms with van der Waals surface area (Å²) in [6, 6.07) is 10.9. The fourth-order valence-corrected chi connectivity index (χ4v) is 1.94. The van der Waals surface area contributed by atoms with E-state index in [0.29, 0.717) is 11.4 Å². The average Bonchev–Trinajstić information content (AvgIpc) is 2.40. The van der Waals surface area contributed by atoms with E-state index in [1.807, 2.05) is 13.8 Å². The summed E-state index contributed by atoms with van der Waals surface area (Å²) in [7, 11) is 0. The van der Waals surface area contributed by atoms with Crippen LogP contribution in [-0.4, -0.2) is 12.5 Å². The zero-order valence-corrected chi connectivity index (χ0v) is 12.1. The van der Waals surface area contributed by atoms with Crippen molar-refractivity contribution >= 4 is 5.69 Å². The summed E-state index contributed by atoms with van der Waals surface area (Å²) in [4.78, 5) is 0. The predicted molar refractivity (Wildman–Crippen MR) is 78.7 cm³/mol. The molecule has 0 atom stereocenters. The van der Waals surface area contributed by atoms with Crippen LogP contribution in [0.5, 0.6) is 11.5 Å². The van der Waals surface area contributed by atoms with E-state index < -0.39 is 6.36 Å². The van der Waals surface area contributed by atoms with Crippen LogP contribution in [-0.2, 0) is 0 Å². The summed E-state index contributed by atoms with van der Waals surface area (Å²) in [5, 5.41) is 0. The number of ether oxygens (including phenoxy) is 2. The summed E-state index contributed by atoms with van der Waals surface area (Å²) in [5.74, 6) is 0.319. The maximum atomic E-state index is 12.1. The van der Waals surface area contributed by atoms with Crippen molar-refractivity contribution in [3.8, 4) is 22.6 Å². The van der Waals surface area contributed by atoms with Crippen LogP contribution in [0.2, 0.25) is 0 Å². The smallest absolute Gasteiger partial charge is 0.489 e. The van der Waals surface area contributed by atoms with Gasteiger partial charge < -0.3 is 15.2 Å². The Labute approximate surface area is 126 Å². The third kappa shape index (κ3) is 4.31. The molecule has 0 aromatic heterocycles. The highest BCUT2D eigenvalue weighted by Gasteiger charge is 2.30. The van der Waals surface area contributed by atoms with Crippen LogP contribution in [0.3, 0.4) is 0 Å². The number of nitrogen functional groups attached to an aromatic ring is 1. The molecule has 0 aliphatic carbocycles. The normalized spacial score (nSPS) is 11.5. The second-order valence-corrected chi connectivity index (χ2v) is 4.99. The SMILES string of the molecule is CC(C)Oc1ccc(-c2ccc(OC(F)(F)F)cc2)cc1N. The third-order valence-electron chi connectivity index (χ3n) is 2.79. The molecule has 118 valence electrons. The summed E-state index contributed by atoms with van der Waals surface area (Å²) in [6.45, 7) is 3.79. The van der Waals surface area contributed by atoms with Gasteiger partial charge in [-0.3, -0.25) is 0 Å². The van der Waals surface area contributed by atoms with Crippen LogP contribution in [0, 0.1) is 0 Å². The van der Waals surface area contributed by atoms with E-state index in [0.717, 1.165) is 11.1 Å². The van der Waals surface area contributed by atoms with E-state index in [2.05, 4.69) is 4.74 Å². The molecule has 0 bridgehead atoms. The molecule has 0 amide bonds. The molecule has 0 aliphatic rings. The zero-order valence-electron chi connectivity index (χ0n) is 12.1. The van der Waals surface area contributed by atoms with E-state index >= 15 is 0 Å². The minimum absolute atomic E-state index is 0.00644. The highest BCUT2D eigenvalue weighted by molar-refractivity contribution is 5.71. The second kappa shape index (κ2) is 6.17. The number of benzene rings is 2. The number of anilines is 1. The average molecular weight is 311 g/mol. The number of rotatable bonds is 4. The second-order valence-electron chi connectivity index (χ2n) is 4.99. The molecule has 0 spiro atoms. The Kier molecular flexibility index (Phi) is 4.49. The minimum atomic E-state index is -4.69. The van der Waals surface area contributed by atoms with Gasteiger partial charge in [-0.25, -0.2) is 0 Å². The lowest BCUT2D eigenvalue weighted by Crippen LogP contribution is -2.16. The van der Waals surface area contributed by atoms with Crippen LogP contribution in [0.4, 0.5) is 18.9 Å². The van der Waals surface area contributed by atoms with Crippen molar-refractivity contribution in [2.24, 2.45) is 0 Å². The lowest BCUT2D eigenvalue weighted by Gasteiger charge is -2.13. The maximum absolute atomic E-state index is 12.1. The highest BCUT2D eigenvalue weighted by Crippen LogP contribution is 2.31. The van der Waals surface area contributed by atoms with Gasteiger partial charge in [0.05, 0.1) is 11.8 Å². The molecule has 0 fully saturated rings. The van der Waals surface area contributed by atoms with Gasteiger partial charge in [0.25, 0.3) is 0 Å². The fraction of sp³-hybridized carbons (Fsp3) is 0.250. The molecule has 0 heterocycles. The third-order valence-corrected chi connectivity index (χ3v) is 2.79. The van der Waals surface area contributed by atoms with Crippen molar-refractivity contribution in [1.82, 2.24) is 0 Å². The molecule has 2 rings (SSSR count). The zero-order chi connectivity index (χ0) is 16.3. The minimum Gasteiger partial charge on any atom is -0.489 e. The molecule has 22 heavy (non-hydrogen) atoms. The Balaban J connectivity index is 2.20. The van der Waals surface area contributed by atoms with Gasteiger partial charge in [-0.05, 0) is 49.2 Å². The molecule has 3 nitrogen and oxygen atoms in total. The first-order valence-electron chi connectivity index (χ1n) is 6.67. The molecule has 0 aliphatic heterocycles. The number of nitrogens with two attached hydrogens (primary N) is 1. The fourth-order valence-electron chi connectivity index (χ4n) is 1.94. The van der Waals surface area contributed by atoms with Crippen LogP contribution in [0.1, 0.15) is 13.8 Å². The molecule has 6 heteroatoms. The summed E-state index contributed by atoms with van der Waals surface area (Å²) < 4.78 is 45.7. The lowest BCUT2D eigenvalue weighted by molar-refractivity contribution is -0.274. The van der Waals surface area contributed by atoms with Gasteiger partial charge in [-0.1, -0.05) is 18.2 Å². The number of hydrogen-bond donors (Lipinski definition) is 1. The molecular weight excluding hydrogens is 295 g/mol. The van der Waals surface area contributed by atoms with Crippen LogP contribution >= 0.6 is 0 Å². The van der Waals surface area contributed by atoms with Crippen LogP contribution in [0.15, 0.2) is 42.5 Å². The van der Waals surface area contributed by atoms with Crippen molar-refractivity contribution < 1.29 is 22.6 Å². The first kappa shape index (κ1) is 16.0. The van der Waals surface area contributed by atoms with E-state index in [4.69, 9.17) is 10.5 Å². The summed E-state index contributed by atoms with van der Waals surface area (Å²) >= 11 is 0.